The van der Waals surface area contributed by atoms with Gasteiger partial charge in [-0.15, -0.1) is 10.2 Å². The molecule has 8 nitrogen and oxygen atoms in total. The number of carbonyl (C=O) groups is 2. The first kappa shape index (κ1) is 26.3. The van der Waals surface area contributed by atoms with Crippen LogP contribution in [-0.4, -0.2) is 37.0 Å². The minimum atomic E-state index is -1.01. The summed E-state index contributed by atoms with van der Waals surface area (Å²) in [4.78, 5) is 23.8. The summed E-state index contributed by atoms with van der Waals surface area (Å²) in [5.41, 5.74) is 1.94. The molecule has 0 spiro atoms. The molecule has 0 radical (unpaired) electrons. The lowest BCUT2D eigenvalue weighted by Gasteiger charge is -2.20. The molecular formula is C26H32N4O4S. The largest absolute Gasteiger partial charge is 0.483 e. The van der Waals surface area contributed by atoms with E-state index in [4.69, 9.17) is 9.84 Å². The molecule has 2 unspecified atom stereocenters. The molecule has 3 aromatic rings. The molecule has 1 amide bonds. The summed E-state index contributed by atoms with van der Waals surface area (Å²) in [6.45, 7) is 12.1. The van der Waals surface area contributed by atoms with Crippen LogP contribution in [0, 0.1) is 0 Å². The number of aromatic nitrogens is 3. The number of benzene rings is 2. The normalized spacial score (nSPS) is 13.0. The quantitative estimate of drug-likeness (QED) is 0.335. The van der Waals surface area contributed by atoms with E-state index >= 15 is 0 Å². The second kappa shape index (κ2) is 11.4. The number of hydrogen-bond donors (Lipinski definition) is 2. The predicted octanol–water partition coefficient (Wildman–Crippen LogP) is 5.94. The molecule has 0 aliphatic rings. The van der Waals surface area contributed by atoms with Crippen molar-refractivity contribution in [2.75, 3.05) is 5.32 Å². The number of carbonyl (C=O) groups excluding carboxylic acids is 1. The van der Waals surface area contributed by atoms with Crippen molar-refractivity contribution in [1.29, 1.82) is 0 Å². The van der Waals surface area contributed by atoms with Crippen LogP contribution in [0.3, 0.4) is 0 Å². The van der Waals surface area contributed by atoms with Gasteiger partial charge >= 0.3 is 5.97 Å². The van der Waals surface area contributed by atoms with Crippen molar-refractivity contribution in [3.8, 4) is 5.75 Å². The summed E-state index contributed by atoms with van der Waals surface area (Å²) in [6, 6.07) is 14.2. The SMILES string of the molecule is CC(Sc1nnc(C(C)Oc2ccc(C(C)C)cc2)n1C(C)C)C(=O)Nc1ccc(C(=O)O)cc1. The van der Waals surface area contributed by atoms with Crippen LogP contribution >= 0.6 is 11.8 Å². The average molecular weight is 497 g/mol. The van der Waals surface area contributed by atoms with Crippen LogP contribution in [0.1, 0.15) is 81.4 Å². The lowest BCUT2D eigenvalue weighted by atomic mass is 10.0. The van der Waals surface area contributed by atoms with Crippen molar-refractivity contribution in [3.63, 3.8) is 0 Å². The molecule has 3 rings (SSSR count). The van der Waals surface area contributed by atoms with Gasteiger partial charge in [0.2, 0.25) is 5.91 Å². The van der Waals surface area contributed by atoms with E-state index in [1.54, 1.807) is 19.1 Å². The van der Waals surface area contributed by atoms with E-state index in [9.17, 15) is 9.59 Å². The molecule has 0 aliphatic carbocycles. The molecule has 1 heterocycles. The Labute approximate surface area is 210 Å². The minimum absolute atomic E-state index is 0.0655. The fraction of sp³-hybridized carbons (Fsp3) is 0.385. The van der Waals surface area contributed by atoms with Gasteiger partial charge in [0.25, 0.3) is 0 Å². The van der Waals surface area contributed by atoms with Crippen LogP contribution in [0.4, 0.5) is 5.69 Å². The monoisotopic (exact) mass is 496 g/mol. The first-order valence-corrected chi connectivity index (χ1v) is 12.5. The number of aromatic carboxylic acids is 1. The van der Waals surface area contributed by atoms with Gasteiger partial charge in [0.1, 0.15) is 5.75 Å². The third-order valence-electron chi connectivity index (χ3n) is 5.48. The number of nitrogens with zero attached hydrogens (tertiary/aromatic N) is 3. The van der Waals surface area contributed by atoms with Crippen LogP contribution in [0.5, 0.6) is 5.75 Å². The zero-order valence-electron chi connectivity index (χ0n) is 20.9. The highest BCUT2D eigenvalue weighted by Gasteiger charge is 2.25. The number of rotatable bonds is 10. The van der Waals surface area contributed by atoms with Gasteiger partial charge in [0.05, 0.1) is 10.8 Å². The summed E-state index contributed by atoms with van der Waals surface area (Å²) < 4.78 is 8.13. The number of carboxylic acid groups (broad SMARTS) is 1. The van der Waals surface area contributed by atoms with Crippen LogP contribution in [0.15, 0.2) is 53.7 Å². The summed E-state index contributed by atoms with van der Waals surface area (Å²) in [5.74, 6) is 0.672. The second-order valence-corrected chi connectivity index (χ2v) is 10.2. The van der Waals surface area contributed by atoms with Gasteiger partial charge in [-0.05, 0) is 75.6 Å². The second-order valence-electron chi connectivity index (χ2n) is 8.92. The molecule has 0 fully saturated rings. The minimum Gasteiger partial charge on any atom is -0.483 e. The van der Waals surface area contributed by atoms with E-state index in [2.05, 4.69) is 41.5 Å². The number of nitrogens with one attached hydrogen (secondary N) is 1. The van der Waals surface area contributed by atoms with Crippen molar-refractivity contribution in [2.45, 2.75) is 70.0 Å². The molecule has 0 aliphatic heterocycles. The van der Waals surface area contributed by atoms with E-state index in [1.165, 1.54) is 29.5 Å². The van der Waals surface area contributed by atoms with Crippen LogP contribution < -0.4 is 10.1 Å². The summed E-state index contributed by atoms with van der Waals surface area (Å²) in [7, 11) is 0. The molecule has 1 aromatic heterocycles. The van der Waals surface area contributed by atoms with E-state index in [0.717, 1.165) is 5.75 Å². The van der Waals surface area contributed by atoms with Crippen LogP contribution in [0.25, 0.3) is 0 Å². The lowest BCUT2D eigenvalue weighted by molar-refractivity contribution is -0.115. The first-order valence-electron chi connectivity index (χ1n) is 11.6. The van der Waals surface area contributed by atoms with E-state index in [1.807, 2.05) is 37.5 Å². The maximum absolute atomic E-state index is 12.7. The van der Waals surface area contributed by atoms with Gasteiger partial charge in [0, 0.05) is 11.7 Å². The molecule has 186 valence electrons. The molecule has 2 atom stereocenters. The van der Waals surface area contributed by atoms with Crippen molar-refractivity contribution >= 4 is 29.3 Å². The number of carboxylic acids is 1. The predicted molar refractivity (Wildman–Crippen MR) is 137 cm³/mol. The Morgan fingerprint density at radius 1 is 0.943 bits per heavy atom. The molecule has 0 bridgehead atoms. The molecule has 2 aromatic carbocycles. The highest BCUT2D eigenvalue weighted by atomic mass is 32.2. The van der Waals surface area contributed by atoms with E-state index in [-0.39, 0.29) is 23.6 Å². The molecule has 9 heteroatoms. The highest BCUT2D eigenvalue weighted by molar-refractivity contribution is 8.00. The third kappa shape index (κ3) is 6.63. The number of hydrogen-bond acceptors (Lipinski definition) is 6. The van der Waals surface area contributed by atoms with Crippen LogP contribution in [-0.2, 0) is 4.79 Å². The molecule has 35 heavy (non-hydrogen) atoms. The Bertz CT molecular complexity index is 1160. The Morgan fingerprint density at radius 2 is 1.57 bits per heavy atom. The molecule has 0 saturated carbocycles. The Morgan fingerprint density at radius 3 is 2.11 bits per heavy atom. The van der Waals surface area contributed by atoms with Crippen molar-refractivity contribution < 1.29 is 19.4 Å². The van der Waals surface area contributed by atoms with E-state index in [0.29, 0.717) is 22.6 Å². The van der Waals surface area contributed by atoms with E-state index < -0.39 is 11.2 Å². The summed E-state index contributed by atoms with van der Waals surface area (Å²) in [6.07, 6.45) is -0.332. The number of ether oxygens (including phenoxy) is 1. The Hall–Kier alpha value is -3.33. The number of anilines is 1. The van der Waals surface area contributed by atoms with Gasteiger partial charge < -0.3 is 19.7 Å². The smallest absolute Gasteiger partial charge is 0.335 e. The van der Waals surface area contributed by atoms with Gasteiger partial charge in [-0.1, -0.05) is 37.7 Å². The summed E-state index contributed by atoms with van der Waals surface area (Å²) in [5, 5.41) is 20.7. The van der Waals surface area contributed by atoms with Gasteiger partial charge in [-0.25, -0.2) is 4.79 Å². The van der Waals surface area contributed by atoms with Crippen molar-refractivity contribution in [3.05, 3.63) is 65.5 Å². The standard InChI is InChI=1S/C26H32N4O4S/c1-15(2)19-9-13-22(14-10-19)34-17(5)23-28-29-26(30(23)16(3)4)35-18(6)24(31)27-21-11-7-20(8-12-21)25(32)33/h7-18H,1-6H3,(H,27,31)(H,32,33). The number of thioether (sulfide) groups is 1. The van der Waals surface area contributed by atoms with Gasteiger partial charge in [0.15, 0.2) is 17.1 Å². The van der Waals surface area contributed by atoms with Crippen molar-refractivity contribution in [2.24, 2.45) is 0 Å². The van der Waals surface area contributed by atoms with Crippen LogP contribution in [0.2, 0.25) is 0 Å². The molecule has 0 saturated heterocycles. The summed E-state index contributed by atoms with van der Waals surface area (Å²) >= 11 is 1.31. The zero-order valence-corrected chi connectivity index (χ0v) is 21.7. The fourth-order valence-electron chi connectivity index (χ4n) is 3.47. The maximum Gasteiger partial charge on any atom is 0.335 e. The topological polar surface area (TPSA) is 106 Å². The number of amides is 1. The zero-order chi connectivity index (χ0) is 25.7. The van der Waals surface area contributed by atoms with Gasteiger partial charge in [-0.3, -0.25) is 4.79 Å². The molecular weight excluding hydrogens is 464 g/mol. The maximum atomic E-state index is 12.7. The van der Waals surface area contributed by atoms with Crippen molar-refractivity contribution in [1.82, 2.24) is 14.8 Å². The third-order valence-corrected chi connectivity index (χ3v) is 6.54. The fourth-order valence-corrected chi connectivity index (χ4v) is 4.46. The lowest BCUT2D eigenvalue weighted by Crippen LogP contribution is -2.23. The first-order chi connectivity index (χ1) is 16.6. The molecule has 2 N–H and O–H groups in total. The Kier molecular flexibility index (Phi) is 8.56. The Balaban J connectivity index is 1.70. The average Bonchev–Trinajstić information content (AvgIpc) is 3.23. The highest BCUT2D eigenvalue weighted by Crippen LogP contribution is 2.30. The van der Waals surface area contributed by atoms with Gasteiger partial charge in [-0.2, -0.15) is 0 Å².